The zero-order valence-electron chi connectivity index (χ0n) is 10.5. The smallest absolute Gasteiger partial charge is 0.255 e. The predicted molar refractivity (Wildman–Crippen MR) is 74.7 cm³/mol. The first-order valence-corrected chi connectivity index (χ1v) is 7.12. The molecule has 0 spiro atoms. The highest BCUT2D eigenvalue weighted by Gasteiger charge is 2.35. The number of phenols is 1. The van der Waals surface area contributed by atoms with E-state index < -0.39 is 0 Å². The number of amides is 1. The predicted octanol–water partition coefficient (Wildman–Crippen LogP) is 3.46. The number of halogens is 1. The van der Waals surface area contributed by atoms with Crippen LogP contribution in [0.3, 0.4) is 0 Å². The lowest BCUT2D eigenvalue weighted by molar-refractivity contribution is 0.0847. The van der Waals surface area contributed by atoms with Crippen LogP contribution in [0.1, 0.15) is 43.0 Å². The number of rotatable bonds is 4. The second-order valence-corrected chi connectivity index (χ2v) is 5.97. The van der Waals surface area contributed by atoms with Crippen LogP contribution in [-0.2, 0) is 0 Å². The molecule has 1 aliphatic carbocycles. The first kappa shape index (κ1) is 13.4. The van der Waals surface area contributed by atoms with E-state index in [0.29, 0.717) is 17.5 Å². The minimum absolute atomic E-state index is 0.0148. The molecule has 1 saturated carbocycles. The van der Waals surface area contributed by atoms with Gasteiger partial charge in [-0.2, -0.15) is 0 Å². The molecule has 4 heteroatoms. The van der Waals surface area contributed by atoms with Crippen molar-refractivity contribution >= 4 is 21.8 Å². The lowest BCUT2D eigenvalue weighted by Crippen LogP contribution is -2.41. The molecular formula is C14H18BrNO2. The van der Waals surface area contributed by atoms with Gasteiger partial charge in [0.15, 0.2) is 0 Å². The van der Waals surface area contributed by atoms with Gasteiger partial charge in [-0.25, -0.2) is 0 Å². The van der Waals surface area contributed by atoms with Gasteiger partial charge >= 0.3 is 0 Å². The Kier molecular flexibility index (Phi) is 3.95. The van der Waals surface area contributed by atoms with Crippen LogP contribution < -0.4 is 5.32 Å². The van der Waals surface area contributed by atoms with E-state index >= 15 is 0 Å². The van der Waals surface area contributed by atoms with Crippen LogP contribution in [0.5, 0.6) is 5.75 Å². The maximum absolute atomic E-state index is 12.0. The average Bonchev–Trinajstić information content (AvgIpc) is 2.27. The van der Waals surface area contributed by atoms with E-state index in [4.69, 9.17) is 0 Å². The van der Waals surface area contributed by atoms with Gasteiger partial charge in [0.05, 0.1) is 5.56 Å². The second kappa shape index (κ2) is 5.31. The maximum atomic E-state index is 12.0. The highest BCUT2D eigenvalue weighted by atomic mass is 79.9. The molecule has 1 amide bonds. The van der Waals surface area contributed by atoms with Crippen LogP contribution in [0.2, 0.25) is 0 Å². The molecule has 0 heterocycles. The molecule has 0 bridgehead atoms. The number of hydrogen-bond donors (Lipinski definition) is 2. The van der Waals surface area contributed by atoms with Crippen molar-refractivity contribution < 1.29 is 9.90 Å². The third-order valence-corrected chi connectivity index (χ3v) is 4.49. The average molecular weight is 312 g/mol. The zero-order chi connectivity index (χ0) is 13.2. The van der Waals surface area contributed by atoms with E-state index in [1.54, 1.807) is 12.1 Å². The number of carbonyl (C=O) groups excluding carboxylic acids is 1. The Hall–Kier alpha value is -1.03. The summed E-state index contributed by atoms with van der Waals surface area (Å²) < 4.78 is 0.764. The van der Waals surface area contributed by atoms with Gasteiger partial charge in [-0.05, 0) is 42.9 Å². The van der Waals surface area contributed by atoms with E-state index in [-0.39, 0.29) is 11.7 Å². The largest absolute Gasteiger partial charge is 0.507 e. The lowest BCUT2D eigenvalue weighted by atomic mass is 9.67. The zero-order valence-corrected chi connectivity index (χ0v) is 12.1. The van der Waals surface area contributed by atoms with Crippen molar-refractivity contribution in [2.24, 2.45) is 5.41 Å². The quantitative estimate of drug-likeness (QED) is 0.894. The molecule has 1 aliphatic rings. The Morgan fingerprint density at radius 3 is 2.72 bits per heavy atom. The van der Waals surface area contributed by atoms with Crippen LogP contribution in [0, 0.1) is 5.41 Å². The van der Waals surface area contributed by atoms with Gasteiger partial charge in [0.2, 0.25) is 0 Å². The number of carbonyl (C=O) groups is 1. The molecule has 98 valence electrons. The van der Waals surface area contributed by atoms with Gasteiger partial charge in [0, 0.05) is 11.0 Å². The molecule has 1 fully saturated rings. The van der Waals surface area contributed by atoms with E-state index in [1.165, 1.54) is 25.3 Å². The molecule has 1 aromatic carbocycles. The summed E-state index contributed by atoms with van der Waals surface area (Å²) in [6.45, 7) is 2.88. The molecule has 1 aromatic rings. The van der Waals surface area contributed by atoms with Gasteiger partial charge in [-0.1, -0.05) is 29.3 Å². The van der Waals surface area contributed by atoms with Crippen LogP contribution >= 0.6 is 15.9 Å². The van der Waals surface area contributed by atoms with E-state index in [2.05, 4.69) is 28.2 Å². The molecule has 2 rings (SSSR count). The summed E-state index contributed by atoms with van der Waals surface area (Å²) in [6, 6.07) is 4.93. The van der Waals surface area contributed by atoms with Crippen molar-refractivity contribution in [1.29, 1.82) is 0 Å². The third kappa shape index (κ3) is 2.69. The highest BCUT2D eigenvalue weighted by molar-refractivity contribution is 9.10. The van der Waals surface area contributed by atoms with Gasteiger partial charge < -0.3 is 10.4 Å². The van der Waals surface area contributed by atoms with Gasteiger partial charge in [0.25, 0.3) is 5.91 Å². The fourth-order valence-corrected chi connectivity index (χ4v) is 2.74. The van der Waals surface area contributed by atoms with E-state index in [0.717, 1.165) is 10.9 Å². The Balaban J connectivity index is 1.99. The van der Waals surface area contributed by atoms with Gasteiger partial charge in [-0.15, -0.1) is 0 Å². The number of aromatic hydroxyl groups is 1. The standard InChI is InChI=1S/C14H18BrNO2/c1-2-14(6-3-7-14)9-16-13(18)11-5-4-10(15)8-12(11)17/h4-5,8,17H,2-3,6-7,9H2,1H3,(H,16,18). The molecule has 2 N–H and O–H groups in total. The first-order valence-electron chi connectivity index (χ1n) is 6.33. The molecule has 18 heavy (non-hydrogen) atoms. The van der Waals surface area contributed by atoms with Crippen molar-refractivity contribution in [2.45, 2.75) is 32.6 Å². The second-order valence-electron chi connectivity index (χ2n) is 5.05. The fourth-order valence-electron chi connectivity index (χ4n) is 2.39. The van der Waals surface area contributed by atoms with E-state index in [1.807, 2.05) is 0 Å². The molecule has 3 nitrogen and oxygen atoms in total. The van der Waals surface area contributed by atoms with Gasteiger partial charge in [0.1, 0.15) is 5.75 Å². The van der Waals surface area contributed by atoms with Crippen molar-refractivity contribution in [1.82, 2.24) is 5.32 Å². The topological polar surface area (TPSA) is 49.3 Å². The first-order chi connectivity index (χ1) is 8.56. The molecular weight excluding hydrogens is 294 g/mol. The van der Waals surface area contributed by atoms with Crippen molar-refractivity contribution in [3.05, 3.63) is 28.2 Å². The van der Waals surface area contributed by atoms with Crippen molar-refractivity contribution in [3.8, 4) is 5.75 Å². The summed E-state index contributed by atoms with van der Waals surface area (Å²) in [7, 11) is 0. The molecule has 0 atom stereocenters. The third-order valence-electron chi connectivity index (χ3n) is 3.99. The summed E-state index contributed by atoms with van der Waals surface area (Å²) in [5.74, 6) is -0.180. The van der Waals surface area contributed by atoms with Crippen molar-refractivity contribution in [2.75, 3.05) is 6.54 Å². The Morgan fingerprint density at radius 2 is 2.22 bits per heavy atom. The summed E-state index contributed by atoms with van der Waals surface area (Å²) in [4.78, 5) is 12.0. The van der Waals surface area contributed by atoms with Crippen LogP contribution in [0.15, 0.2) is 22.7 Å². The molecule has 0 radical (unpaired) electrons. The monoisotopic (exact) mass is 311 g/mol. The van der Waals surface area contributed by atoms with Crippen LogP contribution in [0.25, 0.3) is 0 Å². The van der Waals surface area contributed by atoms with Gasteiger partial charge in [-0.3, -0.25) is 4.79 Å². The number of nitrogens with one attached hydrogen (secondary N) is 1. The summed E-state index contributed by atoms with van der Waals surface area (Å²) in [5, 5.41) is 12.7. The minimum atomic E-state index is -0.195. The summed E-state index contributed by atoms with van der Waals surface area (Å²) >= 11 is 3.26. The number of phenolic OH excluding ortho intramolecular Hbond substituents is 1. The molecule has 0 aliphatic heterocycles. The van der Waals surface area contributed by atoms with Crippen LogP contribution in [-0.4, -0.2) is 17.6 Å². The maximum Gasteiger partial charge on any atom is 0.255 e. The summed E-state index contributed by atoms with van der Waals surface area (Å²) in [5.41, 5.74) is 0.629. The van der Waals surface area contributed by atoms with Crippen molar-refractivity contribution in [3.63, 3.8) is 0 Å². The van der Waals surface area contributed by atoms with Crippen LogP contribution in [0.4, 0.5) is 0 Å². The molecule has 0 saturated heterocycles. The normalized spacial score (nSPS) is 17.0. The highest BCUT2D eigenvalue weighted by Crippen LogP contribution is 2.43. The lowest BCUT2D eigenvalue weighted by Gasteiger charge is -2.41. The Morgan fingerprint density at radius 1 is 1.50 bits per heavy atom. The SMILES string of the molecule is CCC1(CNC(=O)c2ccc(Br)cc2O)CCC1. The summed E-state index contributed by atoms with van der Waals surface area (Å²) in [6.07, 6.45) is 4.74. The Bertz CT molecular complexity index is 450. The minimum Gasteiger partial charge on any atom is -0.507 e. The molecule has 0 aromatic heterocycles. The Labute approximate surface area is 116 Å². The number of benzene rings is 1. The molecule has 0 unspecified atom stereocenters. The van der Waals surface area contributed by atoms with E-state index in [9.17, 15) is 9.90 Å². The fraction of sp³-hybridized carbons (Fsp3) is 0.500. The number of hydrogen-bond acceptors (Lipinski definition) is 2.